The normalized spacial score (nSPS) is 18.2. The Hall–Kier alpha value is -1.62. The highest BCUT2D eigenvalue weighted by atomic mass is 35.5. The van der Waals surface area contributed by atoms with Crippen LogP contribution in [-0.4, -0.2) is 16.9 Å². The van der Waals surface area contributed by atoms with Crippen molar-refractivity contribution in [3.63, 3.8) is 0 Å². The second kappa shape index (κ2) is 6.02. The number of nitro groups is 1. The van der Waals surface area contributed by atoms with Gasteiger partial charge in [-0.05, 0) is 43.2 Å². The summed E-state index contributed by atoms with van der Waals surface area (Å²) in [5.41, 5.74) is 0.515. The predicted octanol–water partition coefficient (Wildman–Crippen LogP) is 3.95. The van der Waals surface area contributed by atoms with Crippen LogP contribution in [0.1, 0.15) is 49.9 Å². The summed E-state index contributed by atoms with van der Waals surface area (Å²) in [5, 5.41) is 13.7. The van der Waals surface area contributed by atoms with Crippen LogP contribution in [0.2, 0.25) is 5.02 Å². The Morgan fingerprint density at radius 1 is 1.38 bits per heavy atom. The molecule has 0 aliphatic heterocycles. The second-order valence-electron chi connectivity index (χ2n) is 6.34. The van der Waals surface area contributed by atoms with Gasteiger partial charge in [0.25, 0.3) is 11.6 Å². The van der Waals surface area contributed by atoms with Crippen LogP contribution in [0.15, 0.2) is 18.2 Å². The van der Waals surface area contributed by atoms with E-state index in [9.17, 15) is 14.9 Å². The third-order valence-electron chi connectivity index (χ3n) is 4.08. The lowest BCUT2D eigenvalue weighted by Gasteiger charge is -2.34. The summed E-state index contributed by atoms with van der Waals surface area (Å²) in [6.07, 6.45) is 4.08. The summed E-state index contributed by atoms with van der Waals surface area (Å²) in [6, 6.07) is 4.22. The highest BCUT2D eigenvalue weighted by Gasteiger charge is 2.28. The Labute approximate surface area is 128 Å². The molecular weight excluding hydrogens is 292 g/mol. The number of halogens is 1. The van der Waals surface area contributed by atoms with Crippen LogP contribution in [0.4, 0.5) is 5.69 Å². The molecule has 1 N–H and O–H groups in total. The van der Waals surface area contributed by atoms with Gasteiger partial charge in [0.05, 0.1) is 4.92 Å². The van der Waals surface area contributed by atoms with Crippen molar-refractivity contribution in [3.8, 4) is 0 Å². The zero-order valence-corrected chi connectivity index (χ0v) is 12.9. The van der Waals surface area contributed by atoms with E-state index in [2.05, 4.69) is 19.2 Å². The van der Waals surface area contributed by atoms with Gasteiger partial charge >= 0.3 is 0 Å². The minimum absolute atomic E-state index is 0.0163. The molecule has 0 saturated heterocycles. The molecule has 2 rings (SSSR count). The third-order valence-corrected chi connectivity index (χ3v) is 4.38. The number of nitrogens with one attached hydrogen (secondary N) is 1. The van der Waals surface area contributed by atoms with Gasteiger partial charge in [-0.3, -0.25) is 14.9 Å². The molecule has 5 nitrogen and oxygen atoms in total. The van der Waals surface area contributed by atoms with Gasteiger partial charge in [0, 0.05) is 17.7 Å². The average Bonchev–Trinajstić information content (AvgIpc) is 2.40. The van der Waals surface area contributed by atoms with Crippen LogP contribution in [-0.2, 0) is 0 Å². The second-order valence-corrected chi connectivity index (χ2v) is 6.74. The Balaban J connectivity index is 2.01. The smallest absolute Gasteiger partial charge is 0.287 e. The largest absolute Gasteiger partial charge is 0.349 e. The third kappa shape index (κ3) is 3.94. The summed E-state index contributed by atoms with van der Waals surface area (Å²) in [4.78, 5) is 22.3. The van der Waals surface area contributed by atoms with Gasteiger partial charge in [-0.1, -0.05) is 25.4 Å². The fourth-order valence-electron chi connectivity index (χ4n) is 2.61. The van der Waals surface area contributed by atoms with Crippen LogP contribution in [0.5, 0.6) is 0 Å². The topological polar surface area (TPSA) is 72.2 Å². The van der Waals surface area contributed by atoms with Crippen LogP contribution >= 0.6 is 11.6 Å². The van der Waals surface area contributed by atoms with E-state index < -0.39 is 4.92 Å². The number of nitro benzene ring substituents is 1. The van der Waals surface area contributed by atoms with Crippen molar-refractivity contribution in [2.45, 2.75) is 45.6 Å². The first-order valence-corrected chi connectivity index (χ1v) is 7.41. The van der Waals surface area contributed by atoms with Gasteiger partial charge in [0.2, 0.25) is 0 Å². The molecule has 1 amide bonds. The molecular formula is C15H19ClN2O3. The molecule has 0 spiro atoms. The summed E-state index contributed by atoms with van der Waals surface area (Å²) in [5.74, 6) is -0.225. The zero-order valence-electron chi connectivity index (χ0n) is 12.2. The molecule has 1 fully saturated rings. The molecule has 114 valence electrons. The van der Waals surface area contributed by atoms with Crippen molar-refractivity contribution in [2.24, 2.45) is 5.41 Å². The lowest BCUT2D eigenvalue weighted by Crippen LogP contribution is -2.39. The standard InChI is InChI=1S/C15H19ClN2O3/c1-15(2)7-5-11(6-8-15)17-14(19)10-3-4-13(18(20)21)12(16)9-10/h3-4,9,11H,5-8H2,1-2H3,(H,17,19). The van der Waals surface area contributed by atoms with Crippen molar-refractivity contribution in [2.75, 3.05) is 0 Å². The van der Waals surface area contributed by atoms with Crippen LogP contribution in [0.25, 0.3) is 0 Å². The van der Waals surface area contributed by atoms with Gasteiger partial charge in [-0.15, -0.1) is 0 Å². The van der Waals surface area contributed by atoms with E-state index in [-0.39, 0.29) is 22.7 Å². The average molecular weight is 311 g/mol. The first-order valence-electron chi connectivity index (χ1n) is 7.03. The summed E-state index contributed by atoms with van der Waals surface area (Å²) in [6.45, 7) is 4.47. The monoisotopic (exact) mass is 310 g/mol. The number of carbonyl (C=O) groups is 1. The number of nitrogens with zero attached hydrogens (tertiary/aromatic N) is 1. The molecule has 0 heterocycles. The first-order chi connectivity index (χ1) is 9.78. The van der Waals surface area contributed by atoms with Crippen LogP contribution < -0.4 is 5.32 Å². The fourth-order valence-corrected chi connectivity index (χ4v) is 2.86. The van der Waals surface area contributed by atoms with E-state index in [1.165, 1.54) is 18.2 Å². The van der Waals surface area contributed by atoms with Crippen molar-refractivity contribution in [3.05, 3.63) is 38.9 Å². The maximum absolute atomic E-state index is 12.2. The van der Waals surface area contributed by atoms with E-state index in [0.29, 0.717) is 11.0 Å². The van der Waals surface area contributed by atoms with Crippen LogP contribution in [0.3, 0.4) is 0 Å². The Bertz CT molecular complexity index is 562. The van der Waals surface area contributed by atoms with Gasteiger partial charge in [-0.2, -0.15) is 0 Å². The summed E-state index contributed by atoms with van der Waals surface area (Å²) in [7, 11) is 0. The van der Waals surface area contributed by atoms with Crippen LogP contribution in [0, 0.1) is 15.5 Å². The molecule has 0 aromatic heterocycles. The maximum Gasteiger partial charge on any atom is 0.287 e. The Morgan fingerprint density at radius 3 is 2.52 bits per heavy atom. The number of hydrogen-bond donors (Lipinski definition) is 1. The lowest BCUT2D eigenvalue weighted by atomic mass is 9.75. The van der Waals surface area contributed by atoms with Crippen molar-refractivity contribution in [1.82, 2.24) is 5.32 Å². The molecule has 6 heteroatoms. The van der Waals surface area contributed by atoms with Crippen molar-refractivity contribution in [1.29, 1.82) is 0 Å². The van der Waals surface area contributed by atoms with Crippen molar-refractivity contribution >= 4 is 23.2 Å². The Kier molecular flexibility index (Phi) is 4.52. The molecule has 1 aromatic carbocycles. The first kappa shape index (κ1) is 15.8. The highest BCUT2D eigenvalue weighted by molar-refractivity contribution is 6.33. The quantitative estimate of drug-likeness (QED) is 0.678. The minimum Gasteiger partial charge on any atom is -0.349 e. The molecule has 0 atom stereocenters. The van der Waals surface area contributed by atoms with E-state index in [1.807, 2.05) is 0 Å². The molecule has 0 radical (unpaired) electrons. The van der Waals surface area contributed by atoms with Crippen molar-refractivity contribution < 1.29 is 9.72 Å². The SMILES string of the molecule is CC1(C)CCC(NC(=O)c2ccc([N+](=O)[O-])c(Cl)c2)CC1. The number of amides is 1. The molecule has 0 bridgehead atoms. The lowest BCUT2D eigenvalue weighted by molar-refractivity contribution is -0.384. The molecule has 1 aliphatic carbocycles. The predicted molar refractivity (Wildman–Crippen MR) is 81.6 cm³/mol. The van der Waals surface area contributed by atoms with E-state index in [4.69, 9.17) is 11.6 Å². The number of hydrogen-bond acceptors (Lipinski definition) is 3. The molecule has 1 saturated carbocycles. The van der Waals surface area contributed by atoms with E-state index >= 15 is 0 Å². The molecule has 1 aliphatic rings. The summed E-state index contributed by atoms with van der Waals surface area (Å²) < 4.78 is 0. The molecule has 21 heavy (non-hydrogen) atoms. The molecule has 0 unspecified atom stereocenters. The Morgan fingerprint density at radius 2 is 2.00 bits per heavy atom. The zero-order chi connectivity index (χ0) is 15.6. The molecule has 1 aromatic rings. The minimum atomic E-state index is -0.562. The van der Waals surface area contributed by atoms with Gasteiger partial charge in [0.1, 0.15) is 5.02 Å². The summed E-state index contributed by atoms with van der Waals surface area (Å²) >= 11 is 5.83. The number of rotatable bonds is 3. The van der Waals surface area contributed by atoms with E-state index in [0.717, 1.165) is 25.7 Å². The number of carbonyl (C=O) groups excluding carboxylic acids is 1. The van der Waals surface area contributed by atoms with E-state index in [1.54, 1.807) is 0 Å². The highest BCUT2D eigenvalue weighted by Crippen LogP contribution is 2.35. The maximum atomic E-state index is 12.2. The number of benzene rings is 1. The fraction of sp³-hybridized carbons (Fsp3) is 0.533. The van der Waals surface area contributed by atoms with Gasteiger partial charge < -0.3 is 5.32 Å². The van der Waals surface area contributed by atoms with Gasteiger partial charge in [-0.25, -0.2) is 0 Å². The van der Waals surface area contributed by atoms with Gasteiger partial charge in [0.15, 0.2) is 0 Å².